The molecule has 0 atom stereocenters. The van der Waals surface area contributed by atoms with Gasteiger partial charge in [-0.3, -0.25) is 0 Å². The SMILES string of the molecule is COc1ccc(S(=O)(=O)Cc2ncc(C)[nH]2)cc1. The zero-order chi connectivity index (χ0) is 13.2. The molecule has 0 aliphatic carbocycles. The van der Waals surface area contributed by atoms with Crippen LogP contribution in [0.5, 0.6) is 5.75 Å². The Balaban J connectivity index is 2.24. The predicted octanol–water partition coefficient (Wildman–Crippen LogP) is 1.70. The van der Waals surface area contributed by atoms with Crippen molar-refractivity contribution < 1.29 is 13.2 Å². The van der Waals surface area contributed by atoms with E-state index in [-0.39, 0.29) is 10.6 Å². The summed E-state index contributed by atoms with van der Waals surface area (Å²) in [6, 6.07) is 6.31. The summed E-state index contributed by atoms with van der Waals surface area (Å²) < 4.78 is 29.2. The van der Waals surface area contributed by atoms with E-state index in [9.17, 15) is 8.42 Å². The number of aromatic amines is 1. The normalized spacial score (nSPS) is 11.4. The molecule has 0 aliphatic rings. The fraction of sp³-hybridized carbons (Fsp3) is 0.250. The Morgan fingerprint density at radius 1 is 1.28 bits per heavy atom. The lowest BCUT2D eigenvalue weighted by atomic mass is 10.3. The summed E-state index contributed by atoms with van der Waals surface area (Å²) in [4.78, 5) is 7.17. The lowest BCUT2D eigenvalue weighted by Crippen LogP contribution is -2.06. The maximum atomic E-state index is 12.1. The van der Waals surface area contributed by atoms with Crippen LogP contribution in [-0.4, -0.2) is 25.5 Å². The molecule has 0 amide bonds. The lowest BCUT2D eigenvalue weighted by Gasteiger charge is -2.04. The number of hydrogen-bond donors (Lipinski definition) is 1. The fourth-order valence-corrected chi connectivity index (χ4v) is 2.81. The maximum absolute atomic E-state index is 12.1. The molecule has 0 bridgehead atoms. The minimum Gasteiger partial charge on any atom is -0.497 e. The smallest absolute Gasteiger partial charge is 0.185 e. The van der Waals surface area contributed by atoms with Crippen molar-refractivity contribution >= 4 is 9.84 Å². The summed E-state index contributed by atoms with van der Waals surface area (Å²) in [6.45, 7) is 1.83. The maximum Gasteiger partial charge on any atom is 0.185 e. The van der Waals surface area contributed by atoms with Crippen LogP contribution < -0.4 is 4.74 Å². The molecule has 1 aromatic heterocycles. The second kappa shape index (κ2) is 4.81. The van der Waals surface area contributed by atoms with Gasteiger partial charge in [0.25, 0.3) is 0 Å². The second-order valence-electron chi connectivity index (χ2n) is 3.95. The summed E-state index contributed by atoms with van der Waals surface area (Å²) in [7, 11) is -1.84. The van der Waals surface area contributed by atoms with Crippen LogP contribution in [0.15, 0.2) is 35.4 Å². The van der Waals surface area contributed by atoms with Gasteiger partial charge in [-0.25, -0.2) is 13.4 Å². The van der Waals surface area contributed by atoms with Crippen molar-refractivity contribution in [2.24, 2.45) is 0 Å². The highest BCUT2D eigenvalue weighted by Crippen LogP contribution is 2.18. The van der Waals surface area contributed by atoms with Crippen molar-refractivity contribution in [1.29, 1.82) is 0 Å². The molecular weight excluding hydrogens is 252 g/mol. The third-order valence-electron chi connectivity index (χ3n) is 2.50. The Hall–Kier alpha value is -1.82. The Morgan fingerprint density at radius 3 is 2.44 bits per heavy atom. The molecule has 2 rings (SSSR count). The monoisotopic (exact) mass is 266 g/mol. The topological polar surface area (TPSA) is 72.1 Å². The number of H-pyrrole nitrogens is 1. The van der Waals surface area contributed by atoms with Crippen LogP contribution in [0.25, 0.3) is 0 Å². The number of aromatic nitrogens is 2. The molecule has 1 heterocycles. The highest BCUT2D eigenvalue weighted by Gasteiger charge is 2.17. The van der Waals surface area contributed by atoms with Gasteiger partial charge in [-0.1, -0.05) is 0 Å². The van der Waals surface area contributed by atoms with Crippen LogP contribution >= 0.6 is 0 Å². The van der Waals surface area contributed by atoms with E-state index in [0.717, 1.165) is 5.69 Å². The minimum absolute atomic E-state index is 0.132. The molecule has 0 fully saturated rings. The average Bonchev–Trinajstić information content (AvgIpc) is 2.74. The van der Waals surface area contributed by atoms with Crippen LogP contribution in [-0.2, 0) is 15.6 Å². The first-order chi connectivity index (χ1) is 8.51. The number of nitrogens with one attached hydrogen (secondary N) is 1. The molecule has 0 saturated carbocycles. The van der Waals surface area contributed by atoms with E-state index in [2.05, 4.69) is 9.97 Å². The van der Waals surface area contributed by atoms with Crippen molar-refractivity contribution in [3.8, 4) is 5.75 Å². The van der Waals surface area contributed by atoms with Crippen LogP contribution in [0, 0.1) is 6.92 Å². The molecule has 0 aliphatic heterocycles. The molecule has 1 aromatic carbocycles. The van der Waals surface area contributed by atoms with E-state index in [1.54, 1.807) is 18.3 Å². The Bertz CT molecular complexity index is 630. The molecule has 96 valence electrons. The van der Waals surface area contributed by atoms with E-state index in [1.165, 1.54) is 19.2 Å². The summed E-state index contributed by atoms with van der Waals surface area (Å²) in [5.74, 6) is 0.943. The summed E-state index contributed by atoms with van der Waals surface area (Å²) in [5, 5.41) is 0. The number of hydrogen-bond acceptors (Lipinski definition) is 4. The van der Waals surface area contributed by atoms with Crippen LogP contribution in [0.2, 0.25) is 0 Å². The molecule has 18 heavy (non-hydrogen) atoms. The lowest BCUT2D eigenvalue weighted by molar-refractivity contribution is 0.414. The Kier molecular flexibility index (Phi) is 3.38. The number of benzene rings is 1. The van der Waals surface area contributed by atoms with Gasteiger partial charge in [-0.15, -0.1) is 0 Å². The van der Waals surface area contributed by atoms with Crippen molar-refractivity contribution in [3.05, 3.63) is 42.0 Å². The standard InChI is InChI=1S/C12H14N2O3S/c1-9-7-13-12(14-9)8-18(15,16)11-5-3-10(17-2)4-6-11/h3-7H,8H2,1-2H3,(H,13,14). The van der Waals surface area contributed by atoms with Crippen molar-refractivity contribution in [2.75, 3.05) is 7.11 Å². The van der Waals surface area contributed by atoms with Crippen LogP contribution in [0.4, 0.5) is 0 Å². The summed E-state index contributed by atoms with van der Waals surface area (Å²) in [6.07, 6.45) is 1.61. The number of aryl methyl sites for hydroxylation is 1. The molecule has 1 N–H and O–H groups in total. The van der Waals surface area contributed by atoms with Gasteiger partial charge in [0.15, 0.2) is 9.84 Å². The third-order valence-corrected chi connectivity index (χ3v) is 4.14. The van der Waals surface area contributed by atoms with Gasteiger partial charge < -0.3 is 9.72 Å². The highest BCUT2D eigenvalue weighted by atomic mass is 32.2. The molecule has 0 radical (unpaired) electrons. The van der Waals surface area contributed by atoms with Gasteiger partial charge in [-0.2, -0.15) is 0 Å². The van der Waals surface area contributed by atoms with E-state index in [1.807, 2.05) is 6.92 Å². The average molecular weight is 266 g/mol. The number of sulfone groups is 1. The first-order valence-corrected chi connectivity index (χ1v) is 7.04. The van der Waals surface area contributed by atoms with Crippen molar-refractivity contribution in [1.82, 2.24) is 9.97 Å². The number of nitrogens with zero attached hydrogens (tertiary/aromatic N) is 1. The van der Waals surface area contributed by atoms with E-state index >= 15 is 0 Å². The van der Waals surface area contributed by atoms with Crippen molar-refractivity contribution in [2.45, 2.75) is 17.6 Å². The zero-order valence-electron chi connectivity index (χ0n) is 10.2. The molecule has 5 nitrogen and oxygen atoms in total. The Labute approximate surface area is 106 Å². The molecule has 0 spiro atoms. The fourth-order valence-electron chi connectivity index (χ4n) is 1.59. The minimum atomic E-state index is -3.37. The molecule has 6 heteroatoms. The van der Waals surface area contributed by atoms with Crippen molar-refractivity contribution in [3.63, 3.8) is 0 Å². The highest BCUT2D eigenvalue weighted by molar-refractivity contribution is 7.90. The van der Waals surface area contributed by atoms with Gasteiger partial charge in [0, 0.05) is 11.9 Å². The van der Waals surface area contributed by atoms with Gasteiger partial charge >= 0.3 is 0 Å². The zero-order valence-corrected chi connectivity index (χ0v) is 11.0. The largest absolute Gasteiger partial charge is 0.497 e. The number of rotatable bonds is 4. The molecule has 2 aromatic rings. The first-order valence-electron chi connectivity index (χ1n) is 5.38. The van der Waals surface area contributed by atoms with Gasteiger partial charge in [0.2, 0.25) is 0 Å². The van der Waals surface area contributed by atoms with E-state index < -0.39 is 9.84 Å². The van der Waals surface area contributed by atoms with Gasteiger partial charge in [-0.05, 0) is 31.2 Å². The van der Waals surface area contributed by atoms with Crippen LogP contribution in [0.1, 0.15) is 11.5 Å². The number of methoxy groups -OCH3 is 1. The summed E-state index contributed by atoms with van der Waals surface area (Å²) in [5.41, 5.74) is 0.843. The number of ether oxygens (including phenoxy) is 1. The summed E-state index contributed by atoms with van der Waals surface area (Å²) >= 11 is 0. The predicted molar refractivity (Wildman–Crippen MR) is 67.2 cm³/mol. The first kappa shape index (κ1) is 12.6. The number of imidazole rings is 1. The third kappa shape index (κ3) is 2.70. The van der Waals surface area contributed by atoms with E-state index in [0.29, 0.717) is 11.6 Å². The molecule has 0 unspecified atom stereocenters. The quantitative estimate of drug-likeness (QED) is 0.914. The van der Waals surface area contributed by atoms with Gasteiger partial charge in [0.1, 0.15) is 17.3 Å². The second-order valence-corrected chi connectivity index (χ2v) is 5.94. The molecule has 0 saturated heterocycles. The van der Waals surface area contributed by atoms with Crippen LogP contribution in [0.3, 0.4) is 0 Å². The Morgan fingerprint density at radius 2 is 1.94 bits per heavy atom. The van der Waals surface area contributed by atoms with E-state index in [4.69, 9.17) is 4.74 Å². The molecular formula is C12H14N2O3S. The van der Waals surface area contributed by atoms with Gasteiger partial charge in [0.05, 0.1) is 12.0 Å².